The van der Waals surface area contributed by atoms with Gasteiger partial charge in [0.25, 0.3) is 0 Å². The summed E-state index contributed by atoms with van der Waals surface area (Å²) in [6, 6.07) is 0. The summed E-state index contributed by atoms with van der Waals surface area (Å²) in [5.41, 5.74) is -0.720. The Bertz CT molecular complexity index is 365. The molecule has 1 atom stereocenters. The molecule has 0 aromatic carbocycles. The number of carbonyl (C=O) groups excluding carboxylic acids is 1. The highest BCUT2D eigenvalue weighted by Gasteiger charge is 2.40. The number of ether oxygens (including phenoxy) is 1. The molecule has 0 aromatic rings. The molecule has 1 amide bonds. The Kier molecular flexibility index (Phi) is 4.82. The van der Waals surface area contributed by atoms with Gasteiger partial charge in [0.15, 0.2) is 0 Å². The van der Waals surface area contributed by atoms with Crippen molar-refractivity contribution in [2.24, 2.45) is 5.92 Å². The molecule has 5 nitrogen and oxygen atoms in total. The molecule has 0 unspecified atom stereocenters. The van der Waals surface area contributed by atoms with Crippen LogP contribution < -0.4 is 0 Å². The van der Waals surface area contributed by atoms with Crippen LogP contribution in [-0.2, 0) is 9.53 Å². The molecule has 0 aromatic heterocycles. The smallest absolute Gasteiger partial charge is 0.222 e. The average molecular weight is 296 g/mol. The topological polar surface area (TPSA) is 53.0 Å². The first kappa shape index (κ1) is 15.3. The number of nitrogens with zero attached hydrogens (tertiary/aromatic N) is 2. The standard InChI is InChI=1S/C16H28N2O3/c19-15(11-14-3-1-2-4-14)18-6-5-16(20,13-18)12-17-7-9-21-10-8-17/h14,20H,1-13H2/t16-/m1/s1. The van der Waals surface area contributed by atoms with Gasteiger partial charge in [0.1, 0.15) is 0 Å². The van der Waals surface area contributed by atoms with Crippen molar-refractivity contribution in [1.29, 1.82) is 0 Å². The largest absolute Gasteiger partial charge is 0.387 e. The van der Waals surface area contributed by atoms with Gasteiger partial charge in [-0.3, -0.25) is 9.69 Å². The molecule has 1 saturated carbocycles. The fourth-order valence-corrected chi connectivity index (χ4v) is 3.96. The summed E-state index contributed by atoms with van der Waals surface area (Å²) in [6.45, 7) is 5.17. The molecule has 3 fully saturated rings. The van der Waals surface area contributed by atoms with Gasteiger partial charge in [-0.2, -0.15) is 0 Å². The Labute approximate surface area is 127 Å². The Morgan fingerprint density at radius 2 is 1.90 bits per heavy atom. The van der Waals surface area contributed by atoms with Crippen LogP contribution in [0.4, 0.5) is 0 Å². The average Bonchev–Trinajstić information content (AvgIpc) is 3.10. The summed E-state index contributed by atoms with van der Waals surface area (Å²) in [6.07, 6.45) is 6.36. The number of hydrogen-bond donors (Lipinski definition) is 1. The van der Waals surface area contributed by atoms with Crippen LogP contribution in [0.1, 0.15) is 38.5 Å². The Morgan fingerprint density at radius 1 is 1.19 bits per heavy atom. The number of aliphatic hydroxyl groups is 1. The van der Waals surface area contributed by atoms with E-state index in [-0.39, 0.29) is 5.91 Å². The van der Waals surface area contributed by atoms with Crippen molar-refractivity contribution >= 4 is 5.91 Å². The number of carbonyl (C=O) groups is 1. The van der Waals surface area contributed by atoms with E-state index in [1.807, 2.05) is 4.90 Å². The van der Waals surface area contributed by atoms with Gasteiger partial charge in [-0.05, 0) is 25.2 Å². The van der Waals surface area contributed by atoms with Gasteiger partial charge in [-0.25, -0.2) is 0 Å². The summed E-state index contributed by atoms with van der Waals surface area (Å²) in [7, 11) is 0. The maximum atomic E-state index is 12.4. The van der Waals surface area contributed by atoms with E-state index in [4.69, 9.17) is 4.74 Å². The van der Waals surface area contributed by atoms with Crippen LogP contribution in [-0.4, -0.2) is 72.4 Å². The van der Waals surface area contributed by atoms with E-state index in [1.54, 1.807) is 0 Å². The molecule has 0 spiro atoms. The Hall–Kier alpha value is -0.650. The second kappa shape index (κ2) is 6.63. The van der Waals surface area contributed by atoms with Gasteiger partial charge < -0.3 is 14.7 Å². The van der Waals surface area contributed by atoms with Gasteiger partial charge >= 0.3 is 0 Å². The summed E-state index contributed by atoms with van der Waals surface area (Å²) in [5.74, 6) is 0.838. The van der Waals surface area contributed by atoms with E-state index in [0.29, 0.717) is 38.4 Å². The van der Waals surface area contributed by atoms with Gasteiger partial charge in [-0.15, -0.1) is 0 Å². The zero-order chi connectivity index (χ0) is 14.7. The first-order valence-electron chi connectivity index (χ1n) is 8.45. The van der Waals surface area contributed by atoms with Gasteiger partial charge in [-0.1, -0.05) is 12.8 Å². The van der Waals surface area contributed by atoms with E-state index in [1.165, 1.54) is 25.7 Å². The minimum atomic E-state index is -0.720. The highest BCUT2D eigenvalue weighted by molar-refractivity contribution is 5.77. The lowest BCUT2D eigenvalue weighted by Gasteiger charge is -2.33. The van der Waals surface area contributed by atoms with Crippen molar-refractivity contribution in [1.82, 2.24) is 9.80 Å². The van der Waals surface area contributed by atoms with E-state index in [2.05, 4.69) is 4.90 Å². The number of likely N-dealkylation sites (tertiary alicyclic amines) is 1. The van der Waals surface area contributed by atoms with E-state index in [9.17, 15) is 9.90 Å². The molecule has 0 radical (unpaired) electrons. The molecular weight excluding hydrogens is 268 g/mol. The number of hydrogen-bond acceptors (Lipinski definition) is 4. The molecule has 2 aliphatic heterocycles. The zero-order valence-corrected chi connectivity index (χ0v) is 12.9. The third-order valence-electron chi connectivity index (χ3n) is 5.24. The molecule has 3 rings (SSSR count). The fourth-order valence-electron chi connectivity index (χ4n) is 3.96. The van der Waals surface area contributed by atoms with Crippen molar-refractivity contribution in [2.45, 2.75) is 44.1 Å². The number of morpholine rings is 1. The second-order valence-electron chi connectivity index (χ2n) is 7.03. The molecule has 1 aliphatic carbocycles. The fraction of sp³-hybridized carbons (Fsp3) is 0.938. The summed E-state index contributed by atoms with van der Waals surface area (Å²) in [5, 5.41) is 10.7. The maximum absolute atomic E-state index is 12.4. The van der Waals surface area contributed by atoms with Crippen molar-refractivity contribution in [3.8, 4) is 0 Å². The molecule has 5 heteroatoms. The quantitative estimate of drug-likeness (QED) is 0.836. The van der Waals surface area contributed by atoms with Crippen LogP contribution in [0.2, 0.25) is 0 Å². The van der Waals surface area contributed by atoms with E-state index in [0.717, 1.165) is 26.3 Å². The predicted octanol–water partition coefficient (Wildman–Crippen LogP) is 0.862. The lowest BCUT2D eigenvalue weighted by molar-refractivity contribution is -0.132. The van der Waals surface area contributed by atoms with E-state index >= 15 is 0 Å². The highest BCUT2D eigenvalue weighted by Crippen LogP contribution is 2.30. The second-order valence-corrected chi connectivity index (χ2v) is 7.03. The Morgan fingerprint density at radius 3 is 2.62 bits per heavy atom. The van der Waals surface area contributed by atoms with Crippen LogP contribution in [0.15, 0.2) is 0 Å². The summed E-state index contributed by atoms with van der Waals surface area (Å²) < 4.78 is 5.34. The molecule has 120 valence electrons. The molecule has 0 bridgehead atoms. The lowest BCUT2D eigenvalue weighted by atomic mass is 10.0. The van der Waals surface area contributed by atoms with Crippen molar-refractivity contribution in [3.05, 3.63) is 0 Å². The molecular formula is C16H28N2O3. The first-order chi connectivity index (χ1) is 10.1. The predicted molar refractivity (Wildman–Crippen MR) is 80.0 cm³/mol. The van der Waals surface area contributed by atoms with Crippen molar-refractivity contribution in [3.63, 3.8) is 0 Å². The zero-order valence-electron chi connectivity index (χ0n) is 12.9. The van der Waals surface area contributed by atoms with Gasteiger partial charge in [0, 0.05) is 32.6 Å². The Balaban J connectivity index is 1.47. The van der Waals surface area contributed by atoms with Crippen molar-refractivity contribution in [2.75, 3.05) is 45.9 Å². The minimum Gasteiger partial charge on any atom is -0.387 e. The molecule has 3 aliphatic rings. The normalized spacial score (nSPS) is 32.0. The minimum absolute atomic E-state index is 0.250. The van der Waals surface area contributed by atoms with Gasteiger partial charge in [0.05, 0.1) is 25.4 Å². The first-order valence-corrected chi connectivity index (χ1v) is 8.45. The number of amides is 1. The SMILES string of the molecule is O=C(CC1CCCC1)N1CC[C@@](O)(CN2CCOCC2)C1. The maximum Gasteiger partial charge on any atom is 0.222 e. The highest BCUT2D eigenvalue weighted by atomic mass is 16.5. The van der Waals surface area contributed by atoms with Gasteiger partial charge in [0.2, 0.25) is 5.91 Å². The van der Waals surface area contributed by atoms with Crippen LogP contribution >= 0.6 is 0 Å². The third kappa shape index (κ3) is 3.96. The van der Waals surface area contributed by atoms with E-state index < -0.39 is 5.60 Å². The molecule has 1 N–H and O–H groups in total. The number of rotatable bonds is 4. The van der Waals surface area contributed by atoms with Crippen LogP contribution in [0.3, 0.4) is 0 Å². The molecule has 2 heterocycles. The van der Waals surface area contributed by atoms with Crippen LogP contribution in [0.5, 0.6) is 0 Å². The van der Waals surface area contributed by atoms with Crippen molar-refractivity contribution < 1.29 is 14.6 Å². The van der Waals surface area contributed by atoms with Crippen LogP contribution in [0.25, 0.3) is 0 Å². The lowest BCUT2D eigenvalue weighted by Crippen LogP contribution is -2.49. The monoisotopic (exact) mass is 296 g/mol. The summed E-state index contributed by atoms with van der Waals surface area (Å²) >= 11 is 0. The number of β-amino-alcohol motifs (C(OH)–C–C–N with tert-alkyl or cyclic N) is 1. The summed E-state index contributed by atoms with van der Waals surface area (Å²) in [4.78, 5) is 16.5. The molecule has 21 heavy (non-hydrogen) atoms. The van der Waals surface area contributed by atoms with Crippen LogP contribution in [0, 0.1) is 5.92 Å². The molecule has 2 saturated heterocycles. The third-order valence-corrected chi connectivity index (χ3v) is 5.24.